The van der Waals surface area contributed by atoms with Crippen LogP contribution >= 0.6 is 7.82 Å². The highest BCUT2D eigenvalue weighted by atomic mass is 31.2. The first kappa shape index (κ1) is 23.3. The maximum atomic E-state index is 12.3. The van der Waals surface area contributed by atoms with Crippen molar-refractivity contribution < 1.29 is 28.1 Å². The number of carbonyl (C=O) groups excluding carboxylic acids is 1. The largest absolute Gasteiger partial charge is 0.469 e. The first-order valence-electron chi connectivity index (χ1n) is 10.3. The molecule has 160 valence electrons. The van der Waals surface area contributed by atoms with Crippen molar-refractivity contribution in [3.63, 3.8) is 0 Å². The smallest absolute Gasteiger partial charge is 0.458 e. The highest BCUT2D eigenvalue weighted by Gasteiger charge is 2.25. The standard InChI is InChI=1S/C20H34NO6P/c1-20(21,15-26-28(23,24)25)14-13-17-11-12-19(27-17)18(22)10-6-5-9-16-7-3-2-4-8-16/h11-12,16H,2-10,13-15,21H2,1H3,(H2,23,24,25). The van der Waals surface area contributed by atoms with Gasteiger partial charge in [-0.3, -0.25) is 9.32 Å². The predicted octanol–water partition coefficient (Wildman–Crippen LogP) is 4.36. The molecular weight excluding hydrogens is 381 g/mol. The van der Waals surface area contributed by atoms with E-state index >= 15 is 0 Å². The summed E-state index contributed by atoms with van der Waals surface area (Å²) in [5.41, 5.74) is 5.10. The molecule has 1 aromatic rings. The first-order valence-corrected chi connectivity index (χ1v) is 11.8. The zero-order chi connectivity index (χ0) is 20.6. The van der Waals surface area contributed by atoms with Crippen LogP contribution in [0.3, 0.4) is 0 Å². The van der Waals surface area contributed by atoms with Crippen molar-refractivity contribution in [3.05, 3.63) is 23.7 Å². The average molecular weight is 415 g/mol. The molecule has 0 amide bonds. The van der Waals surface area contributed by atoms with Crippen LogP contribution in [-0.4, -0.2) is 27.7 Å². The van der Waals surface area contributed by atoms with E-state index in [0.717, 1.165) is 18.8 Å². The molecule has 2 rings (SSSR count). The molecule has 1 heterocycles. The summed E-state index contributed by atoms with van der Waals surface area (Å²) in [5.74, 6) is 1.88. The number of hydrogen-bond acceptors (Lipinski definition) is 5. The second-order valence-corrected chi connectivity index (χ2v) is 9.60. The van der Waals surface area contributed by atoms with E-state index in [1.807, 2.05) is 0 Å². The van der Waals surface area contributed by atoms with Gasteiger partial charge in [0, 0.05) is 18.4 Å². The van der Waals surface area contributed by atoms with Gasteiger partial charge in [-0.2, -0.15) is 0 Å². The molecule has 0 spiro atoms. The van der Waals surface area contributed by atoms with Crippen LogP contribution in [-0.2, 0) is 15.5 Å². The van der Waals surface area contributed by atoms with Gasteiger partial charge in [0.15, 0.2) is 11.5 Å². The summed E-state index contributed by atoms with van der Waals surface area (Å²) >= 11 is 0. The minimum Gasteiger partial charge on any atom is -0.458 e. The van der Waals surface area contributed by atoms with Gasteiger partial charge in [-0.15, -0.1) is 0 Å². The normalized spacial score (nSPS) is 18.1. The molecule has 4 N–H and O–H groups in total. The lowest BCUT2D eigenvalue weighted by Crippen LogP contribution is -2.41. The van der Waals surface area contributed by atoms with Crippen molar-refractivity contribution in [1.29, 1.82) is 0 Å². The van der Waals surface area contributed by atoms with Crippen LogP contribution in [0.15, 0.2) is 16.5 Å². The Hall–Kier alpha value is -0.980. The topological polar surface area (TPSA) is 123 Å². The number of phosphoric acid groups is 1. The summed E-state index contributed by atoms with van der Waals surface area (Å²) in [6.45, 7) is 1.40. The highest BCUT2D eigenvalue weighted by Crippen LogP contribution is 2.37. The summed E-state index contributed by atoms with van der Waals surface area (Å²) in [6.07, 6.45) is 11.4. The maximum absolute atomic E-state index is 12.3. The van der Waals surface area contributed by atoms with Gasteiger partial charge < -0.3 is 19.9 Å². The zero-order valence-electron chi connectivity index (χ0n) is 16.8. The Morgan fingerprint density at radius 2 is 2.00 bits per heavy atom. The number of Topliss-reactive ketones (excluding diaryl/α,β-unsaturated/α-hetero) is 1. The van der Waals surface area contributed by atoms with Crippen molar-refractivity contribution in [1.82, 2.24) is 0 Å². The molecule has 28 heavy (non-hydrogen) atoms. The molecule has 1 saturated carbocycles. The zero-order valence-corrected chi connectivity index (χ0v) is 17.7. The van der Waals surface area contributed by atoms with Crippen molar-refractivity contribution in [2.45, 2.75) is 83.1 Å². The van der Waals surface area contributed by atoms with Crippen molar-refractivity contribution >= 4 is 13.6 Å². The molecule has 1 atom stereocenters. The second-order valence-electron chi connectivity index (χ2n) is 8.36. The summed E-state index contributed by atoms with van der Waals surface area (Å²) < 4.78 is 20.9. The highest BCUT2D eigenvalue weighted by molar-refractivity contribution is 7.46. The van der Waals surface area contributed by atoms with Gasteiger partial charge in [0.05, 0.1) is 6.61 Å². The maximum Gasteiger partial charge on any atom is 0.469 e. The van der Waals surface area contributed by atoms with E-state index in [9.17, 15) is 9.36 Å². The van der Waals surface area contributed by atoms with E-state index in [-0.39, 0.29) is 12.4 Å². The summed E-state index contributed by atoms with van der Waals surface area (Å²) in [5, 5.41) is 0. The van der Waals surface area contributed by atoms with Crippen molar-refractivity contribution in [2.75, 3.05) is 6.61 Å². The Balaban J connectivity index is 1.68. The molecule has 7 nitrogen and oxygen atoms in total. The SMILES string of the molecule is CC(N)(CCc1ccc(C(=O)CCCCC2CCCCC2)o1)COP(=O)(O)O. The third-order valence-electron chi connectivity index (χ3n) is 5.43. The second kappa shape index (κ2) is 10.7. The lowest BCUT2D eigenvalue weighted by Gasteiger charge is -2.23. The van der Waals surface area contributed by atoms with Crippen LogP contribution in [0.25, 0.3) is 0 Å². The van der Waals surface area contributed by atoms with Gasteiger partial charge in [-0.25, -0.2) is 4.57 Å². The van der Waals surface area contributed by atoms with E-state index in [0.29, 0.717) is 30.8 Å². The van der Waals surface area contributed by atoms with Gasteiger partial charge >= 0.3 is 7.82 Å². The molecule has 1 fully saturated rings. The molecule has 0 aliphatic heterocycles. The van der Waals surface area contributed by atoms with E-state index in [2.05, 4.69) is 4.52 Å². The van der Waals surface area contributed by atoms with Gasteiger partial charge in [0.2, 0.25) is 0 Å². The fourth-order valence-corrected chi connectivity index (χ4v) is 4.16. The number of hydrogen-bond donors (Lipinski definition) is 3. The lowest BCUT2D eigenvalue weighted by atomic mass is 9.85. The van der Waals surface area contributed by atoms with E-state index in [1.165, 1.54) is 38.5 Å². The molecule has 1 aliphatic rings. The van der Waals surface area contributed by atoms with Gasteiger partial charge in [-0.05, 0) is 37.8 Å². The minimum atomic E-state index is -4.54. The molecule has 1 aliphatic carbocycles. The number of furan rings is 1. The van der Waals surface area contributed by atoms with Crippen LogP contribution in [0.5, 0.6) is 0 Å². The van der Waals surface area contributed by atoms with Crippen LogP contribution in [0, 0.1) is 5.92 Å². The summed E-state index contributed by atoms with van der Waals surface area (Å²) in [7, 11) is -4.54. The Morgan fingerprint density at radius 1 is 1.29 bits per heavy atom. The Bertz CT molecular complexity index is 659. The Labute approximate surface area is 167 Å². The van der Waals surface area contributed by atoms with Crippen LogP contribution in [0.2, 0.25) is 0 Å². The molecule has 0 bridgehead atoms. The fraction of sp³-hybridized carbons (Fsp3) is 0.750. The predicted molar refractivity (Wildman–Crippen MR) is 107 cm³/mol. The summed E-state index contributed by atoms with van der Waals surface area (Å²) in [6, 6.07) is 3.45. The quantitative estimate of drug-likeness (QED) is 0.263. The van der Waals surface area contributed by atoms with Crippen LogP contribution in [0.1, 0.15) is 87.4 Å². The molecule has 0 aromatic carbocycles. The molecule has 0 saturated heterocycles. The lowest BCUT2D eigenvalue weighted by molar-refractivity contribution is 0.0949. The van der Waals surface area contributed by atoms with Crippen LogP contribution < -0.4 is 5.73 Å². The summed E-state index contributed by atoms with van der Waals surface area (Å²) in [4.78, 5) is 29.8. The van der Waals surface area contributed by atoms with Crippen molar-refractivity contribution in [2.24, 2.45) is 11.7 Å². The van der Waals surface area contributed by atoms with E-state index in [1.54, 1.807) is 19.1 Å². The van der Waals surface area contributed by atoms with Crippen LogP contribution in [0.4, 0.5) is 0 Å². The van der Waals surface area contributed by atoms with E-state index < -0.39 is 13.4 Å². The number of carbonyl (C=O) groups is 1. The number of aryl methyl sites for hydroxylation is 1. The number of unbranched alkanes of at least 4 members (excludes halogenated alkanes) is 1. The molecular formula is C20H34NO6P. The first-order chi connectivity index (χ1) is 13.1. The van der Waals surface area contributed by atoms with Gasteiger partial charge in [0.1, 0.15) is 5.76 Å². The molecule has 1 aromatic heterocycles. The number of ketones is 1. The average Bonchev–Trinajstić information content (AvgIpc) is 3.12. The van der Waals surface area contributed by atoms with Gasteiger partial charge in [0.25, 0.3) is 0 Å². The fourth-order valence-electron chi connectivity index (χ4n) is 3.69. The van der Waals surface area contributed by atoms with Gasteiger partial charge in [-0.1, -0.05) is 44.9 Å². The third kappa shape index (κ3) is 9.01. The van der Waals surface area contributed by atoms with E-state index in [4.69, 9.17) is 19.9 Å². The number of rotatable bonds is 12. The molecule has 0 radical (unpaired) electrons. The Morgan fingerprint density at radius 3 is 2.68 bits per heavy atom. The third-order valence-corrected chi connectivity index (χ3v) is 5.90. The monoisotopic (exact) mass is 415 g/mol. The number of nitrogens with two attached hydrogens (primary N) is 1. The Kier molecular flexibility index (Phi) is 8.90. The molecule has 1 unspecified atom stereocenters. The van der Waals surface area contributed by atoms with Crippen molar-refractivity contribution in [3.8, 4) is 0 Å². The molecule has 8 heteroatoms. The minimum absolute atomic E-state index is 0.0234. The number of phosphoric ester groups is 1.